The van der Waals surface area contributed by atoms with Crippen LogP contribution in [-0.4, -0.2) is 58.1 Å². The molecule has 160 valence electrons. The average molecular weight is 449 g/mol. The monoisotopic (exact) mass is 448 g/mol. The van der Waals surface area contributed by atoms with E-state index in [0.29, 0.717) is 28.6 Å². The van der Waals surface area contributed by atoms with Crippen LogP contribution in [0.2, 0.25) is 4.47 Å². The topological polar surface area (TPSA) is 78.8 Å². The number of carbonyl (C=O) groups is 1. The number of aromatic nitrogens is 2. The van der Waals surface area contributed by atoms with Gasteiger partial charge in [-0.3, -0.25) is 0 Å². The number of likely N-dealkylation sites (tertiary alicyclic amines) is 1. The number of hydrogen-bond donors (Lipinski definition) is 1. The molecule has 9 heteroatoms. The Morgan fingerprint density at radius 2 is 2.07 bits per heavy atom. The molecule has 3 aliphatic heterocycles. The maximum Gasteiger partial charge on any atom is 0.338 e. The largest absolute Gasteiger partial charge is 0.457 e. The quantitative estimate of drug-likeness (QED) is 0.719. The molecule has 2 aromatic rings. The summed E-state index contributed by atoms with van der Waals surface area (Å²) < 4.78 is 9.98. The van der Waals surface area contributed by atoms with Crippen molar-refractivity contribution in [2.75, 3.05) is 37.6 Å². The molecule has 3 aliphatic rings. The summed E-state index contributed by atoms with van der Waals surface area (Å²) in [5.74, 6) is 0.491. The third-order valence-electron chi connectivity index (χ3n) is 7.03. The minimum Gasteiger partial charge on any atom is -0.457 e. The Balaban J connectivity index is 1.19. The number of esters is 1. The number of β-amino-alcohol motifs (C(OH)–C–C–N with tert-alkyl or cyclic N) is 1. The van der Waals surface area contributed by atoms with Crippen LogP contribution in [0.5, 0.6) is 0 Å². The number of cyclic esters (lactones) is 1. The number of halogens is 1. The van der Waals surface area contributed by atoms with Crippen LogP contribution in [-0.2, 0) is 11.3 Å². The van der Waals surface area contributed by atoms with E-state index in [1.54, 1.807) is 6.07 Å². The molecule has 1 atom stereocenters. The maximum absolute atomic E-state index is 11.7. The number of hydrogen-bond acceptors (Lipinski definition) is 8. The zero-order valence-corrected chi connectivity index (χ0v) is 18.5. The molecule has 0 saturated carbocycles. The summed E-state index contributed by atoms with van der Waals surface area (Å²) in [6.07, 6.45) is 2.80. The van der Waals surface area contributed by atoms with E-state index < -0.39 is 6.10 Å². The van der Waals surface area contributed by atoms with Crippen LogP contribution < -0.4 is 4.90 Å². The zero-order chi connectivity index (χ0) is 20.9. The molecule has 1 aromatic carbocycles. The summed E-state index contributed by atoms with van der Waals surface area (Å²) in [5, 5.41) is 10.9. The standard InChI is InChI=1S/C21H25ClN4O3S/c1-13-14(2-3-15-16(13)11-29-18(15)28)17(27)10-25-7-4-21(5-8-25)6-9-26(12-21)20-23-19(22)30-24-20/h2-3,17,27H,4-12H2,1H3/t17-/m0/s1. The third kappa shape index (κ3) is 3.60. The Labute approximate surface area is 184 Å². The van der Waals surface area contributed by atoms with E-state index in [1.807, 2.05) is 13.0 Å². The van der Waals surface area contributed by atoms with Crippen LogP contribution in [0, 0.1) is 12.3 Å². The molecule has 30 heavy (non-hydrogen) atoms. The number of benzene rings is 1. The minimum absolute atomic E-state index is 0.267. The Kier molecular flexibility index (Phi) is 5.21. The van der Waals surface area contributed by atoms with E-state index in [-0.39, 0.29) is 5.97 Å². The predicted molar refractivity (Wildman–Crippen MR) is 115 cm³/mol. The van der Waals surface area contributed by atoms with Crippen LogP contribution in [0.3, 0.4) is 0 Å². The molecule has 0 amide bonds. The Hall–Kier alpha value is -1.74. The van der Waals surface area contributed by atoms with Crippen LogP contribution in [0.1, 0.15) is 52.4 Å². The van der Waals surface area contributed by atoms with Gasteiger partial charge in [-0.05, 0) is 73.5 Å². The van der Waals surface area contributed by atoms with E-state index >= 15 is 0 Å². The Morgan fingerprint density at radius 3 is 2.80 bits per heavy atom. The Morgan fingerprint density at radius 1 is 1.30 bits per heavy atom. The van der Waals surface area contributed by atoms with Gasteiger partial charge in [-0.15, -0.1) is 0 Å². The fraction of sp³-hybridized carbons (Fsp3) is 0.571. The molecule has 1 spiro atoms. The molecule has 1 aromatic heterocycles. The van der Waals surface area contributed by atoms with Gasteiger partial charge >= 0.3 is 5.97 Å². The first-order valence-corrected chi connectivity index (χ1v) is 11.5. The van der Waals surface area contributed by atoms with Crippen LogP contribution >= 0.6 is 23.1 Å². The SMILES string of the molecule is Cc1c([C@@H](O)CN2CCC3(CC2)CCN(c2nsc(Cl)n2)C3)ccc2c1COC2=O. The van der Waals surface area contributed by atoms with Crippen molar-refractivity contribution in [3.05, 3.63) is 38.9 Å². The lowest BCUT2D eigenvalue weighted by atomic mass is 9.77. The molecule has 2 saturated heterocycles. The van der Waals surface area contributed by atoms with E-state index in [2.05, 4.69) is 19.2 Å². The number of carbonyl (C=O) groups excluding carboxylic acids is 1. The van der Waals surface area contributed by atoms with Crippen molar-refractivity contribution in [3.8, 4) is 0 Å². The highest BCUT2D eigenvalue weighted by molar-refractivity contribution is 7.10. The molecule has 0 aliphatic carbocycles. The van der Waals surface area contributed by atoms with Gasteiger partial charge in [0.05, 0.1) is 11.7 Å². The summed E-state index contributed by atoms with van der Waals surface area (Å²) in [4.78, 5) is 20.7. The number of aliphatic hydroxyl groups excluding tert-OH is 1. The van der Waals surface area contributed by atoms with Gasteiger partial charge in [-0.2, -0.15) is 9.36 Å². The number of fused-ring (bicyclic) bond motifs is 1. The molecule has 0 radical (unpaired) electrons. The summed E-state index contributed by atoms with van der Waals surface area (Å²) in [5.41, 5.74) is 3.72. The number of ether oxygens (including phenoxy) is 1. The first-order valence-electron chi connectivity index (χ1n) is 10.4. The van der Waals surface area contributed by atoms with Crippen molar-refractivity contribution in [2.24, 2.45) is 5.41 Å². The molecule has 4 heterocycles. The Bertz CT molecular complexity index is 973. The van der Waals surface area contributed by atoms with Gasteiger partial charge in [0.2, 0.25) is 10.4 Å². The second-order valence-corrected chi connectivity index (χ2v) is 10.1. The molecular weight excluding hydrogens is 424 g/mol. The van der Waals surface area contributed by atoms with Crippen molar-refractivity contribution >= 4 is 35.1 Å². The van der Waals surface area contributed by atoms with Gasteiger partial charge < -0.3 is 19.6 Å². The molecule has 5 rings (SSSR count). The first kappa shape index (κ1) is 20.2. The van der Waals surface area contributed by atoms with Gasteiger partial charge in [0.1, 0.15) is 6.61 Å². The highest BCUT2D eigenvalue weighted by Gasteiger charge is 2.41. The second kappa shape index (κ2) is 7.75. The molecule has 7 nitrogen and oxygen atoms in total. The lowest BCUT2D eigenvalue weighted by Crippen LogP contribution is -2.43. The molecule has 0 bridgehead atoms. The molecule has 1 N–H and O–H groups in total. The van der Waals surface area contributed by atoms with E-state index in [1.165, 1.54) is 11.5 Å². The summed E-state index contributed by atoms with van der Waals surface area (Å²) >= 11 is 7.19. The van der Waals surface area contributed by atoms with Crippen molar-refractivity contribution in [2.45, 2.75) is 38.9 Å². The van der Waals surface area contributed by atoms with Crippen molar-refractivity contribution in [3.63, 3.8) is 0 Å². The molecule has 0 unspecified atom stereocenters. The number of rotatable bonds is 4. The molecular formula is C21H25ClN4O3S. The summed E-state index contributed by atoms with van der Waals surface area (Å²) in [6.45, 7) is 6.79. The third-order valence-corrected chi connectivity index (χ3v) is 7.81. The van der Waals surface area contributed by atoms with Gasteiger partial charge in [-0.25, -0.2) is 4.79 Å². The second-order valence-electron chi connectivity index (χ2n) is 8.72. The highest BCUT2D eigenvalue weighted by Crippen LogP contribution is 2.42. The number of nitrogens with zero attached hydrogens (tertiary/aromatic N) is 4. The first-order chi connectivity index (χ1) is 14.4. The normalized spacial score (nSPS) is 21.8. The van der Waals surface area contributed by atoms with Crippen molar-refractivity contribution < 1.29 is 14.6 Å². The lowest BCUT2D eigenvalue weighted by Gasteiger charge is -2.40. The van der Waals surface area contributed by atoms with Crippen LogP contribution in [0.15, 0.2) is 12.1 Å². The highest BCUT2D eigenvalue weighted by atomic mass is 35.5. The number of anilines is 1. The maximum atomic E-state index is 11.7. The molecule has 2 fully saturated rings. The summed E-state index contributed by atoms with van der Waals surface area (Å²) in [7, 11) is 0. The van der Waals surface area contributed by atoms with E-state index in [0.717, 1.165) is 68.1 Å². The lowest BCUT2D eigenvalue weighted by molar-refractivity contribution is 0.0534. The number of piperidine rings is 1. The van der Waals surface area contributed by atoms with Crippen molar-refractivity contribution in [1.82, 2.24) is 14.3 Å². The smallest absolute Gasteiger partial charge is 0.338 e. The zero-order valence-electron chi connectivity index (χ0n) is 16.9. The van der Waals surface area contributed by atoms with Crippen molar-refractivity contribution in [1.29, 1.82) is 0 Å². The number of aliphatic hydroxyl groups is 1. The predicted octanol–water partition coefficient (Wildman–Crippen LogP) is 3.20. The average Bonchev–Trinajstić information content (AvgIpc) is 3.44. The van der Waals surface area contributed by atoms with E-state index in [9.17, 15) is 9.90 Å². The van der Waals surface area contributed by atoms with Crippen LogP contribution in [0.4, 0.5) is 5.95 Å². The van der Waals surface area contributed by atoms with Gasteiger partial charge in [0, 0.05) is 36.7 Å². The van der Waals surface area contributed by atoms with Gasteiger partial charge in [-0.1, -0.05) is 6.07 Å². The summed E-state index contributed by atoms with van der Waals surface area (Å²) in [6, 6.07) is 3.66. The fourth-order valence-electron chi connectivity index (χ4n) is 5.12. The van der Waals surface area contributed by atoms with Gasteiger partial charge in [0.15, 0.2) is 0 Å². The van der Waals surface area contributed by atoms with Crippen LogP contribution in [0.25, 0.3) is 0 Å². The van der Waals surface area contributed by atoms with E-state index in [4.69, 9.17) is 16.3 Å². The van der Waals surface area contributed by atoms with Gasteiger partial charge in [0.25, 0.3) is 0 Å². The minimum atomic E-state index is -0.568. The fourth-order valence-corrected chi connectivity index (χ4v) is 5.74.